The Morgan fingerprint density at radius 3 is 2.52 bits per heavy atom. The Balaban J connectivity index is 1.14. The lowest BCUT2D eigenvalue weighted by molar-refractivity contribution is -0.158. The zero-order valence-corrected chi connectivity index (χ0v) is 38.6. The van der Waals surface area contributed by atoms with Gasteiger partial charge >= 0.3 is 5.97 Å². The Bertz CT molecular complexity index is 2640. The average molecular weight is 901 g/mol. The predicted molar refractivity (Wildman–Crippen MR) is 240 cm³/mol. The number of ether oxygens (including phenoxy) is 2. The number of benzene rings is 2. The third kappa shape index (κ3) is 9.60. The van der Waals surface area contributed by atoms with E-state index in [-0.39, 0.29) is 43.1 Å². The maximum absolute atomic E-state index is 14.3. The largest absolute Gasteiger partial charge is 0.487 e. The number of sulfonamides is 1. The summed E-state index contributed by atoms with van der Waals surface area (Å²) in [6.45, 7) is 14.6. The molecule has 0 aliphatic carbocycles. The molecule has 4 atom stereocenters. The molecule has 0 saturated carbocycles. The van der Waals surface area contributed by atoms with E-state index in [0.717, 1.165) is 27.6 Å². The maximum atomic E-state index is 14.3. The highest BCUT2D eigenvalue weighted by Crippen LogP contribution is 2.43. The molecule has 3 aliphatic rings. The van der Waals surface area contributed by atoms with Gasteiger partial charge in [0.2, 0.25) is 23.7 Å². The van der Waals surface area contributed by atoms with Gasteiger partial charge in [0.25, 0.3) is 10.0 Å². The van der Waals surface area contributed by atoms with E-state index in [9.17, 15) is 27.6 Å². The van der Waals surface area contributed by atoms with Crippen LogP contribution in [0.3, 0.4) is 0 Å². The molecule has 0 spiro atoms. The van der Waals surface area contributed by atoms with Crippen molar-refractivity contribution in [1.29, 1.82) is 0 Å². The molecule has 64 heavy (non-hydrogen) atoms. The summed E-state index contributed by atoms with van der Waals surface area (Å²) in [7, 11) is -4.17. The molecule has 4 aromatic rings. The summed E-state index contributed by atoms with van der Waals surface area (Å²) in [6.07, 6.45) is 5.04. The second-order valence-corrected chi connectivity index (χ2v) is 20.3. The number of H-pyrrole nitrogens is 1. The van der Waals surface area contributed by atoms with E-state index in [1.807, 2.05) is 45.0 Å². The van der Waals surface area contributed by atoms with E-state index in [1.54, 1.807) is 51.7 Å². The molecule has 344 valence electrons. The van der Waals surface area contributed by atoms with Gasteiger partial charge in [-0.2, -0.15) is 0 Å². The van der Waals surface area contributed by atoms with E-state index >= 15 is 0 Å². The monoisotopic (exact) mass is 900 g/mol. The first-order valence-electron chi connectivity index (χ1n) is 21.7. The molecule has 1 unspecified atom stereocenters. The van der Waals surface area contributed by atoms with Crippen molar-refractivity contribution in [2.24, 2.45) is 16.5 Å². The number of rotatable bonds is 7. The van der Waals surface area contributed by atoms with Crippen LogP contribution in [0.25, 0.3) is 16.7 Å². The van der Waals surface area contributed by atoms with Crippen molar-refractivity contribution in [2.75, 3.05) is 13.1 Å². The Morgan fingerprint density at radius 2 is 1.78 bits per heavy atom. The van der Waals surface area contributed by atoms with Crippen LogP contribution in [-0.2, 0) is 53.2 Å². The third-order valence-corrected chi connectivity index (χ3v) is 13.7. The van der Waals surface area contributed by atoms with Crippen molar-refractivity contribution in [3.05, 3.63) is 70.3 Å². The van der Waals surface area contributed by atoms with Crippen LogP contribution in [0.4, 0.5) is 0 Å². The molecular weight excluding hydrogens is 841 g/mol. The van der Waals surface area contributed by atoms with Crippen molar-refractivity contribution in [1.82, 2.24) is 34.8 Å². The summed E-state index contributed by atoms with van der Waals surface area (Å²) in [5.74, 6) is -1.35. The molecule has 0 radical (unpaired) electrons. The highest BCUT2D eigenvalue weighted by Gasteiger charge is 2.40. The average Bonchev–Trinajstić information content (AvgIpc) is 4.02. The van der Waals surface area contributed by atoms with Gasteiger partial charge in [0, 0.05) is 60.6 Å². The molecule has 2 bridgehead atoms. The van der Waals surface area contributed by atoms with E-state index in [1.165, 1.54) is 4.90 Å². The zero-order valence-electron chi connectivity index (χ0n) is 37.8. The van der Waals surface area contributed by atoms with Crippen LogP contribution in [-0.4, -0.2) is 106 Å². The molecule has 8 N–H and O–H groups in total. The topological polar surface area (TPSA) is 258 Å². The van der Waals surface area contributed by atoms with Crippen LogP contribution in [0.15, 0.2) is 46.7 Å². The van der Waals surface area contributed by atoms with E-state index < -0.39 is 69.1 Å². The van der Waals surface area contributed by atoms with Crippen molar-refractivity contribution in [3.8, 4) is 11.6 Å². The van der Waals surface area contributed by atoms with Crippen molar-refractivity contribution >= 4 is 50.6 Å². The number of nitrogens with two attached hydrogens (primary N) is 2. The Kier molecular flexibility index (Phi) is 12.6. The van der Waals surface area contributed by atoms with E-state index in [4.69, 9.17) is 20.9 Å². The highest BCUT2D eigenvalue weighted by atomic mass is 32.2. The van der Waals surface area contributed by atoms with Crippen molar-refractivity contribution in [3.63, 3.8) is 0 Å². The zero-order chi connectivity index (χ0) is 46.5. The minimum absolute atomic E-state index is 0.0106. The number of fused-ring (bicyclic) bond motifs is 8. The molecule has 19 heteroatoms. The number of aliphatic imine (C=N–C) groups is 1. The molecule has 1 fully saturated rings. The molecule has 3 amide bonds. The fraction of sp³-hybridized carbons (Fsp3) is 0.511. The molecule has 2 aromatic heterocycles. The van der Waals surface area contributed by atoms with Crippen molar-refractivity contribution in [2.45, 2.75) is 141 Å². The molecular formula is C45H60N10O8S. The van der Waals surface area contributed by atoms with Gasteiger partial charge in [-0.15, -0.1) is 0 Å². The molecule has 18 nitrogen and oxygen atoms in total. The molecule has 5 heterocycles. The number of carbonyl (C=O) groups is 4. The molecule has 2 aromatic carbocycles. The Morgan fingerprint density at radius 1 is 1.05 bits per heavy atom. The molecule has 3 aliphatic heterocycles. The number of nitrogens with zero attached hydrogens (tertiary/aromatic N) is 4. The van der Waals surface area contributed by atoms with Gasteiger partial charge in [-0.3, -0.25) is 23.9 Å². The lowest BCUT2D eigenvalue weighted by atomic mass is 9.94. The SMILES string of the molecule is Cc1c(C)c(S(=O)(=O)NC(N)=NCCCC2NC(=O)[C@@H]3CCCN3C(=O)[C@@H](N)Cc3c([nH]c4ccccc34)-n3cnc(c3)C[C@@H](C(=O)OC(C)(C)C)NC2=O)c(C)c2c1OC(C)(C)C2. The summed E-state index contributed by atoms with van der Waals surface area (Å²) >= 11 is 0. The number of amides is 3. The number of aromatic nitrogens is 3. The number of carbonyl (C=O) groups excluding carboxylic acids is 4. The second kappa shape index (κ2) is 17.6. The molecule has 7 rings (SSSR count). The Labute approximate surface area is 373 Å². The van der Waals surface area contributed by atoms with Gasteiger partial charge in [-0.05, 0) is 104 Å². The number of aromatic amines is 1. The van der Waals surface area contributed by atoms with E-state index in [0.29, 0.717) is 54.2 Å². The minimum Gasteiger partial charge on any atom is -0.487 e. The fourth-order valence-electron chi connectivity index (χ4n) is 8.98. The van der Waals surface area contributed by atoms with Gasteiger partial charge in [-0.1, -0.05) is 18.2 Å². The molecule has 1 saturated heterocycles. The van der Waals surface area contributed by atoms with Gasteiger partial charge in [-0.25, -0.2) is 22.9 Å². The van der Waals surface area contributed by atoms with Crippen LogP contribution in [0.5, 0.6) is 5.75 Å². The summed E-state index contributed by atoms with van der Waals surface area (Å²) in [4.78, 5) is 70.1. The lowest BCUT2D eigenvalue weighted by Crippen LogP contribution is -2.57. The summed E-state index contributed by atoms with van der Waals surface area (Å²) in [5, 5.41) is 6.52. The second-order valence-electron chi connectivity index (χ2n) is 18.7. The van der Waals surface area contributed by atoms with Gasteiger partial charge < -0.3 is 41.5 Å². The van der Waals surface area contributed by atoms with Crippen LogP contribution >= 0.6 is 0 Å². The lowest BCUT2D eigenvalue weighted by Gasteiger charge is -2.29. The van der Waals surface area contributed by atoms with E-state index in [2.05, 4.69) is 30.3 Å². The summed E-state index contributed by atoms with van der Waals surface area (Å²) in [5.41, 5.74) is 16.2. The number of esters is 1. The number of hydrogen-bond acceptors (Lipinski definition) is 11. The minimum atomic E-state index is -4.17. The number of nitrogens with one attached hydrogen (secondary N) is 4. The van der Waals surface area contributed by atoms with Gasteiger partial charge in [0.15, 0.2) is 0 Å². The number of hydrogen-bond donors (Lipinski definition) is 6. The van der Waals surface area contributed by atoms with Gasteiger partial charge in [0.05, 0.1) is 16.6 Å². The van der Waals surface area contributed by atoms with Crippen LogP contribution in [0.1, 0.15) is 93.8 Å². The standard InChI is InChI=1S/C45H60N10O8S/c1-24-25(2)37(26(3)30-21-45(7,8)62-36(24)30)64(60,61)53-43(47)48-17-11-15-33-39(56)52-34(42(59)63-44(4,5)6)19-27-22-54(23-49-27)38-29(28-13-9-10-14-32(28)50-38)20-31(46)41(58)55-18-12-16-35(55)40(57)51-33/h9-10,13-14,22-23,31,33-35,50H,11-12,15-21,46H2,1-8H3,(H,51,57)(H,52,56)(H3,47,48,53)/t31-,33?,34-,35-/m0/s1. The first-order chi connectivity index (χ1) is 30.0. The third-order valence-electron chi connectivity index (χ3n) is 12.1. The summed E-state index contributed by atoms with van der Waals surface area (Å²) in [6, 6.07) is 3.34. The van der Waals surface area contributed by atoms with Crippen molar-refractivity contribution < 1.29 is 37.1 Å². The normalized spacial score (nSPS) is 21.9. The first-order valence-corrected chi connectivity index (χ1v) is 23.2. The highest BCUT2D eigenvalue weighted by molar-refractivity contribution is 7.90. The number of imidazole rings is 1. The smallest absolute Gasteiger partial charge is 0.329 e. The maximum Gasteiger partial charge on any atom is 0.329 e. The van der Waals surface area contributed by atoms with Crippen LogP contribution in [0.2, 0.25) is 0 Å². The number of para-hydroxylation sites is 1. The quantitative estimate of drug-likeness (QED) is 0.0681. The fourth-order valence-corrected chi connectivity index (χ4v) is 10.5. The van der Waals surface area contributed by atoms with Crippen LogP contribution < -0.4 is 31.6 Å². The Hall–Kier alpha value is -5.95. The first kappa shape index (κ1) is 46.1. The predicted octanol–water partition coefficient (Wildman–Crippen LogP) is 2.79. The number of guanidine groups is 1. The van der Waals surface area contributed by atoms with Crippen LogP contribution in [0, 0.1) is 20.8 Å². The van der Waals surface area contributed by atoms with Gasteiger partial charge in [0.1, 0.15) is 47.2 Å². The summed E-state index contributed by atoms with van der Waals surface area (Å²) < 4.78 is 43.6.